The fraction of sp³-hybridized carbons (Fsp3) is 0.846. The molecule has 1 saturated carbocycles. The molecule has 4 nitrogen and oxygen atoms in total. The van der Waals surface area contributed by atoms with Gasteiger partial charge in [-0.1, -0.05) is 6.92 Å². The van der Waals surface area contributed by atoms with Crippen molar-refractivity contribution in [2.24, 2.45) is 17.3 Å². The van der Waals surface area contributed by atoms with Gasteiger partial charge in [-0.3, -0.25) is 9.59 Å². The van der Waals surface area contributed by atoms with Gasteiger partial charge < -0.3 is 9.47 Å². The fourth-order valence-corrected chi connectivity index (χ4v) is 2.51. The molecule has 0 spiro atoms. The lowest BCUT2D eigenvalue weighted by Gasteiger charge is -2.33. The van der Waals surface area contributed by atoms with Crippen LogP contribution >= 0.6 is 0 Å². The van der Waals surface area contributed by atoms with E-state index in [-0.39, 0.29) is 36.0 Å². The molecule has 4 unspecified atom stereocenters. The minimum Gasteiger partial charge on any atom is -0.458 e. The molecule has 1 saturated heterocycles. The van der Waals surface area contributed by atoms with Gasteiger partial charge in [0.05, 0.1) is 11.3 Å². The Balaban J connectivity index is 2.06. The van der Waals surface area contributed by atoms with Gasteiger partial charge in [-0.15, -0.1) is 0 Å². The Labute approximate surface area is 102 Å². The van der Waals surface area contributed by atoms with Crippen LogP contribution in [-0.4, -0.2) is 24.1 Å². The molecular formula is C13H20O4. The summed E-state index contributed by atoms with van der Waals surface area (Å²) in [6.07, 6.45) is 0.954. The summed E-state index contributed by atoms with van der Waals surface area (Å²) in [6.45, 7) is 7.49. The zero-order chi connectivity index (χ0) is 12.8. The second-order valence-corrected chi connectivity index (χ2v) is 6.24. The molecule has 0 aromatic carbocycles. The van der Waals surface area contributed by atoms with Crippen molar-refractivity contribution in [3.8, 4) is 0 Å². The Hall–Kier alpha value is -1.06. The molecule has 1 aliphatic carbocycles. The highest BCUT2D eigenvalue weighted by Gasteiger charge is 2.49. The van der Waals surface area contributed by atoms with Gasteiger partial charge >= 0.3 is 11.9 Å². The van der Waals surface area contributed by atoms with Crippen LogP contribution in [0.5, 0.6) is 0 Å². The van der Waals surface area contributed by atoms with E-state index in [1.54, 1.807) is 0 Å². The van der Waals surface area contributed by atoms with Crippen molar-refractivity contribution >= 4 is 11.9 Å². The lowest BCUT2D eigenvalue weighted by Crippen LogP contribution is -2.41. The van der Waals surface area contributed by atoms with Crippen LogP contribution in [0, 0.1) is 17.3 Å². The molecule has 0 N–H and O–H groups in total. The highest BCUT2D eigenvalue weighted by Crippen LogP contribution is 2.39. The molecule has 17 heavy (non-hydrogen) atoms. The van der Waals surface area contributed by atoms with E-state index in [4.69, 9.17) is 9.47 Å². The number of fused-ring (bicyclic) bond motifs is 2. The summed E-state index contributed by atoms with van der Waals surface area (Å²) < 4.78 is 10.8. The largest absolute Gasteiger partial charge is 0.458 e. The molecule has 1 heterocycles. The van der Waals surface area contributed by atoms with Crippen molar-refractivity contribution in [3.05, 3.63) is 0 Å². The number of carbonyl (C=O) groups excluding carboxylic acids is 2. The average Bonchev–Trinajstić information content (AvgIpc) is 2.49. The second kappa shape index (κ2) is 4.00. The van der Waals surface area contributed by atoms with Crippen LogP contribution in [0.15, 0.2) is 0 Å². The zero-order valence-electron chi connectivity index (χ0n) is 10.9. The molecule has 96 valence electrons. The van der Waals surface area contributed by atoms with Crippen LogP contribution in [-0.2, 0) is 19.1 Å². The van der Waals surface area contributed by atoms with Gasteiger partial charge in [0.1, 0.15) is 12.2 Å². The van der Waals surface area contributed by atoms with E-state index in [0.29, 0.717) is 6.42 Å². The maximum Gasteiger partial charge on any atom is 0.311 e. The zero-order valence-corrected chi connectivity index (χ0v) is 10.9. The topological polar surface area (TPSA) is 52.6 Å². The number of esters is 2. The van der Waals surface area contributed by atoms with Gasteiger partial charge in [-0.05, 0) is 33.1 Å². The van der Waals surface area contributed by atoms with Crippen LogP contribution in [0.25, 0.3) is 0 Å². The lowest BCUT2D eigenvalue weighted by atomic mass is 9.80. The maximum absolute atomic E-state index is 11.9. The van der Waals surface area contributed by atoms with E-state index in [2.05, 4.69) is 0 Å². The first-order valence-corrected chi connectivity index (χ1v) is 6.20. The first-order valence-electron chi connectivity index (χ1n) is 6.20. The summed E-state index contributed by atoms with van der Waals surface area (Å²) in [6, 6.07) is 0. The highest BCUT2D eigenvalue weighted by molar-refractivity contribution is 5.77. The van der Waals surface area contributed by atoms with Gasteiger partial charge in [0.15, 0.2) is 0 Å². The normalized spacial score (nSPS) is 36.6. The van der Waals surface area contributed by atoms with Crippen molar-refractivity contribution in [2.45, 2.75) is 52.7 Å². The van der Waals surface area contributed by atoms with E-state index >= 15 is 0 Å². The minimum atomic E-state index is -0.515. The van der Waals surface area contributed by atoms with E-state index < -0.39 is 5.41 Å². The number of ether oxygens (including phenoxy) is 2. The summed E-state index contributed by atoms with van der Waals surface area (Å²) in [5.41, 5.74) is -0.515. The molecule has 0 amide bonds. The standard InChI is InChI=1S/C13H20O4/c1-7-5-8-6-9(16-11(8)14)10(7)17-12(15)13(2,3)4/h7-10H,5-6H2,1-4H3. The Bertz CT molecular complexity index is 342. The molecule has 2 fully saturated rings. The first-order chi connectivity index (χ1) is 7.79. The molecule has 1 aliphatic heterocycles. The average molecular weight is 240 g/mol. The monoisotopic (exact) mass is 240 g/mol. The van der Waals surface area contributed by atoms with E-state index in [1.807, 2.05) is 27.7 Å². The third-order valence-electron chi connectivity index (χ3n) is 3.56. The van der Waals surface area contributed by atoms with Gasteiger partial charge in [-0.2, -0.15) is 0 Å². The maximum atomic E-state index is 11.9. The number of hydrogen-bond acceptors (Lipinski definition) is 4. The number of carbonyl (C=O) groups is 2. The number of rotatable bonds is 1. The summed E-state index contributed by atoms with van der Waals surface area (Å²) in [7, 11) is 0. The number of hydrogen-bond donors (Lipinski definition) is 0. The SMILES string of the molecule is CC1CC2CC(OC2=O)C1OC(=O)C(C)(C)C. The van der Waals surface area contributed by atoms with E-state index in [9.17, 15) is 9.59 Å². The predicted molar refractivity (Wildman–Crippen MR) is 61.1 cm³/mol. The molecule has 0 aromatic heterocycles. The van der Waals surface area contributed by atoms with Crippen LogP contribution < -0.4 is 0 Å². The highest BCUT2D eigenvalue weighted by atomic mass is 16.6. The second-order valence-electron chi connectivity index (χ2n) is 6.24. The molecule has 0 radical (unpaired) electrons. The van der Waals surface area contributed by atoms with Crippen molar-refractivity contribution < 1.29 is 19.1 Å². The van der Waals surface area contributed by atoms with Gasteiger partial charge in [0, 0.05) is 6.42 Å². The van der Waals surface area contributed by atoms with Gasteiger partial charge in [-0.25, -0.2) is 0 Å². The fourth-order valence-electron chi connectivity index (χ4n) is 2.51. The Morgan fingerprint density at radius 1 is 1.35 bits per heavy atom. The molecule has 2 bridgehead atoms. The van der Waals surface area contributed by atoms with Crippen molar-refractivity contribution in [1.29, 1.82) is 0 Å². The molecule has 2 aliphatic rings. The van der Waals surface area contributed by atoms with Crippen LogP contribution in [0.2, 0.25) is 0 Å². The summed E-state index contributed by atoms with van der Waals surface area (Å²) in [5, 5.41) is 0. The van der Waals surface area contributed by atoms with Crippen molar-refractivity contribution in [3.63, 3.8) is 0 Å². The minimum absolute atomic E-state index is 0.0135. The van der Waals surface area contributed by atoms with Crippen LogP contribution in [0.1, 0.15) is 40.5 Å². The Morgan fingerprint density at radius 2 is 2.00 bits per heavy atom. The third kappa shape index (κ3) is 2.31. The quantitative estimate of drug-likeness (QED) is 0.657. The first kappa shape index (κ1) is 12.4. The molecular weight excluding hydrogens is 220 g/mol. The van der Waals surface area contributed by atoms with Crippen molar-refractivity contribution in [1.82, 2.24) is 0 Å². The predicted octanol–water partition coefficient (Wildman–Crippen LogP) is 1.92. The van der Waals surface area contributed by atoms with E-state index in [0.717, 1.165) is 6.42 Å². The smallest absolute Gasteiger partial charge is 0.311 e. The third-order valence-corrected chi connectivity index (χ3v) is 3.56. The van der Waals surface area contributed by atoms with Crippen molar-refractivity contribution in [2.75, 3.05) is 0 Å². The summed E-state index contributed by atoms with van der Waals surface area (Å²) >= 11 is 0. The summed E-state index contributed by atoms with van der Waals surface area (Å²) in [5.74, 6) is -0.150. The van der Waals surface area contributed by atoms with Gasteiger partial charge in [0.2, 0.25) is 0 Å². The Kier molecular flexibility index (Phi) is 2.92. The molecule has 0 aromatic rings. The van der Waals surface area contributed by atoms with Crippen LogP contribution in [0.3, 0.4) is 0 Å². The molecule has 2 rings (SSSR count). The van der Waals surface area contributed by atoms with E-state index in [1.165, 1.54) is 0 Å². The Morgan fingerprint density at radius 3 is 2.59 bits per heavy atom. The van der Waals surface area contributed by atoms with Gasteiger partial charge in [0.25, 0.3) is 0 Å². The summed E-state index contributed by atoms with van der Waals surface area (Å²) in [4.78, 5) is 23.3. The lowest BCUT2D eigenvalue weighted by molar-refractivity contribution is -0.172. The van der Waals surface area contributed by atoms with Crippen LogP contribution in [0.4, 0.5) is 0 Å². The molecule has 4 atom stereocenters. The molecule has 4 heteroatoms.